The van der Waals surface area contributed by atoms with Crippen molar-refractivity contribution in [3.63, 3.8) is 0 Å². The molecule has 0 spiro atoms. The predicted molar refractivity (Wildman–Crippen MR) is 84.5 cm³/mol. The highest BCUT2D eigenvalue weighted by atomic mass is 16.6. The number of rotatable bonds is 3. The molecule has 1 aliphatic heterocycles. The third kappa shape index (κ3) is 4.65. The minimum absolute atomic E-state index is 0.0958. The Hall–Kier alpha value is -2.24. The van der Waals surface area contributed by atoms with Gasteiger partial charge in [0.05, 0.1) is 12.2 Å². The molecule has 0 saturated heterocycles. The van der Waals surface area contributed by atoms with E-state index in [1.54, 1.807) is 25.1 Å². The molecule has 0 saturated carbocycles. The second-order valence-electron chi connectivity index (χ2n) is 6.36. The summed E-state index contributed by atoms with van der Waals surface area (Å²) in [6, 6.07) is 5.28. The molecular weight excluding hydrogens is 284 g/mol. The maximum absolute atomic E-state index is 11.7. The van der Waals surface area contributed by atoms with E-state index in [1.807, 2.05) is 20.8 Å². The predicted octanol–water partition coefficient (Wildman–Crippen LogP) is 3.19. The first-order valence-corrected chi connectivity index (χ1v) is 7.27. The molecule has 120 valence electrons. The van der Waals surface area contributed by atoms with Crippen LogP contribution in [0.1, 0.15) is 34.1 Å². The summed E-state index contributed by atoms with van der Waals surface area (Å²) in [7, 11) is 0. The van der Waals surface area contributed by atoms with E-state index in [9.17, 15) is 9.59 Å². The van der Waals surface area contributed by atoms with Crippen LogP contribution in [0.15, 0.2) is 18.2 Å². The molecule has 1 aromatic carbocycles. The van der Waals surface area contributed by atoms with Crippen molar-refractivity contribution < 1.29 is 19.1 Å². The van der Waals surface area contributed by atoms with E-state index in [-0.39, 0.29) is 11.9 Å². The molecule has 2 N–H and O–H groups in total. The maximum Gasteiger partial charge on any atom is 0.412 e. The number of carbonyl (C=O) groups is 2. The van der Waals surface area contributed by atoms with Crippen LogP contribution < -0.4 is 15.4 Å². The molecule has 1 aromatic rings. The molecule has 2 rings (SSSR count). The number of fused-ring (bicyclic) bond motifs is 1. The monoisotopic (exact) mass is 306 g/mol. The molecular formula is C16H22N2O4. The summed E-state index contributed by atoms with van der Waals surface area (Å²) in [5, 5.41) is 5.89. The van der Waals surface area contributed by atoms with Crippen molar-refractivity contribution in [3.05, 3.63) is 18.2 Å². The van der Waals surface area contributed by atoms with Crippen LogP contribution in [-0.2, 0) is 9.53 Å². The van der Waals surface area contributed by atoms with Crippen molar-refractivity contribution in [2.45, 2.75) is 45.8 Å². The van der Waals surface area contributed by atoms with Crippen molar-refractivity contribution in [2.75, 3.05) is 17.2 Å². The minimum atomic E-state index is -0.542. The lowest BCUT2D eigenvalue weighted by Crippen LogP contribution is -2.32. The molecule has 0 fully saturated rings. The summed E-state index contributed by atoms with van der Waals surface area (Å²) in [4.78, 5) is 22.9. The van der Waals surface area contributed by atoms with Crippen LogP contribution in [-0.4, -0.2) is 30.1 Å². The number of nitrogens with one attached hydrogen (secondary N) is 2. The molecule has 0 bridgehead atoms. The molecule has 1 atom stereocenters. The third-order valence-corrected chi connectivity index (χ3v) is 2.95. The van der Waals surface area contributed by atoms with Gasteiger partial charge in [-0.1, -0.05) is 0 Å². The Labute approximate surface area is 130 Å². The number of benzene rings is 1. The van der Waals surface area contributed by atoms with Crippen molar-refractivity contribution >= 4 is 23.3 Å². The van der Waals surface area contributed by atoms with Crippen LogP contribution in [0.5, 0.6) is 5.75 Å². The van der Waals surface area contributed by atoms with Gasteiger partial charge in [0.25, 0.3) is 0 Å². The largest absolute Gasteiger partial charge is 0.486 e. The highest BCUT2D eigenvalue weighted by molar-refractivity contribution is 5.86. The van der Waals surface area contributed by atoms with Crippen molar-refractivity contribution in [2.24, 2.45) is 0 Å². The number of anilines is 2. The van der Waals surface area contributed by atoms with Gasteiger partial charge in [0, 0.05) is 12.1 Å². The summed E-state index contributed by atoms with van der Waals surface area (Å²) < 4.78 is 11.0. The van der Waals surface area contributed by atoms with Crippen molar-refractivity contribution in [3.8, 4) is 5.75 Å². The number of ketones is 1. The zero-order valence-corrected chi connectivity index (χ0v) is 13.4. The Morgan fingerprint density at radius 2 is 2.14 bits per heavy atom. The van der Waals surface area contributed by atoms with Crippen LogP contribution in [0.25, 0.3) is 0 Å². The molecule has 1 heterocycles. The van der Waals surface area contributed by atoms with Gasteiger partial charge in [0.15, 0.2) is 0 Å². The Morgan fingerprint density at radius 3 is 2.77 bits per heavy atom. The number of amides is 1. The van der Waals surface area contributed by atoms with Gasteiger partial charge in [-0.15, -0.1) is 0 Å². The maximum atomic E-state index is 11.7. The zero-order chi connectivity index (χ0) is 16.3. The summed E-state index contributed by atoms with van der Waals surface area (Å²) in [5.41, 5.74) is 0.863. The van der Waals surface area contributed by atoms with Gasteiger partial charge in [0.1, 0.15) is 23.2 Å². The highest BCUT2D eigenvalue weighted by Gasteiger charge is 2.21. The van der Waals surface area contributed by atoms with E-state index in [2.05, 4.69) is 10.6 Å². The summed E-state index contributed by atoms with van der Waals surface area (Å²) >= 11 is 0. The standard InChI is InChI=1S/C16H22N2O4/c1-10(19)7-12-9-17-13-8-11(5-6-14(13)21-12)18-15(20)22-16(2,3)4/h5-6,8,12,17H,7,9H2,1-4H3,(H,18,20). The van der Waals surface area contributed by atoms with E-state index < -0.39 is 11.7 Å². The van der Waals surface area contributed by atoms with Gasteiger partial charge in [-0.25, -0.2) is 4.79 Å². The lowest BCUT2D eigenvalue weighted by Gasteiger charge is -2.27. The van der Waals surface area contributed by atoms with Gasteiger partial charge < -0.3 is 14.8 Å². The quantitative estimate of drug-likeness (QED) is 0.897. The minimum Gasteiger partial charge on any atom is -0.486 e. The van der Waals surface area contributed by atoms with Crippen molar-refractivity contribution in [1.29, 1.82) is 0 Å². The first-order valence-electron chi connectivity index (χ1n) is 7.27. The molecule has 6 nitrogen and oxygen atoms in total. The highest BCUT2D eigenvalue weighted by Crippen LogP contribution is 2.32. The van der Waals surface area contributed by atoms with Gasteiger partial charge in [-0.2, -0.15) is 0 Å². The van der Waals surface area contributed by atoms with E-state index in [0.717, 1.165) is 5.69 Å². The number of hydrogen-bond acceptors (Lipinski definition) is 5. The number of ether oxygens (including phenoxy) is 2. The Bertz CT molecular complexity index is 578. The van der Waals surface area contributed by atoms with Crippen LogP contribution in [0.2, 0.25) is 0 Å². The van der Waals surface area contributed by atoms with Crippen LogP contribution >= 0.6 is 0 Å². The smallest absolute Gasteiger partial charge is 0.412 e. The Kier molecular flexibility index (Phi) is 4.59. The summed E-state index contributed by atoms with van der Waals surface area (Å²) in [6.07, 6.45) is -0.280. The van der Waals surface area contributed by atoms with E-state index in [4.69, 9.17) is 9.47 Å². The van der Waals surface area contributed by atoms with Gasteiger partial charge >= 0.3 is 6.09 Å². The fourth-order valence-corrected chi connectivity index (χ4v) is 2.15. The van der Waals surface area contributed by atoms with E-state index in [1.165, 1.54) is 0 Å². The molecule has 22 heavy (non-hydrogen) atoms. The molecule has 0 radical (unpaired) electrons. The summed E-state index contributed by atoms with van der Waals surface area (Å²) in [6.45, 7) is 7.53. The average Bonchev–Trinajstić information content (AvgIpc) is 2.35. The first kappa shape index (κ1) is 16.1. The van der Waals surface area contributed by atoms with Crippen LogP contribution in [0.4, 0.5) is 16.2 Å². The van der Waals surface area contributed by atoms with Gasteiger partial charge in [0.2, 0.25) is 0 Å². The lowest BCUT2D eigenvalue weighted by atomic mass is 10.1. The second-order valence-corrected chi connectivity index (χ2v) is 6.36. The fourth-order valence-electron chi connectivity index (χ4n) is 2.15. The number of Topliss-reactive ketones (excluding diaryl/α,β-unsaturated/α-hetero) is 1. The third-order valence-electron chi connectivity index (χ3n) is 2.95. The number of carbonyl (C=O) groups excluding carboxylic acids is 2. The molecule has 1 aliphatic rings. The van der Waals surface area contributed by atoms with Crippen molar-refractivity contribution in [1.82, 2.24) is 0 Å². The zero-order valence-electron chi connectivity index (χ0n) is 13.4. The number of hydrogen-bond donors (Lipinski definition) is 2. The first-order chi connectivity index (χ1) is 10.2. The Morgan fingerprint density at radius 1 is 1.41 bits per heavy atom. The second kappa shape index (κ2) is 6.25. The van der Waals surface area contributed by atoms with E-state index in [0.29, 0.717) is 24.4 Å². The van der Waals surface area contributed by atoms with Crippen LogP contribution in [0, 0.1) is 0 Å². The normalized spacial score (nSPS) is 16.8. The molecule has 0 aromatic heterocycles. The topological polar surface area (TPSA) is 76.7 Å². The fraction of sp³-hybridized carbons (Fsp3) is 0.500. The average molecular weight is 306 g/mol. The van der Waals surface area contributed by atoms with E-state index >= 15 is 0 Å². The SMILES string of the molecule is CC(=O)CC1CNc2cc(NC(=O)OC(C)(C)C)ccc2O1. The molecule has 1 amide bonds. The van der Waals surface area contributed by atoms with Gasteiger partial charge in [-0.3, -0.25) is 10.1 Å². The molecule has 1 unspecified atom stereocenters. The Balaban J connectivity index is 2.01. The van der Waals surface area contributed by atoms with Crippen LogP contribution in [0.3, 0.4) is 0 Å². The molecule has 0 aliphatic carbocycles. The van der Waals surface area contributed by atoms with Gasteiger partial charge in [-0.05, 0) is 45.9 Å². The summed E-state index contributed by atoms with van der Waals surface area (Å²) in [5.74, 6) is 0.769. The molecule has 6 heteroatoms. The lowest BCUT2D eigenvalue weighted by molar-refractivity contribution is -0.118.